The Morgan fingerprint density at radius 2 is 1.83 bits per heavy atom. The Balaban J connectivity index is 1.59. The van der Waals surface area contributed by atoms with E-state index in [9.17, 15) is 4.79 Å². The Labute approximate surface area is 177 Å². The number of amides is 1. The van der Waals surface area contributed by atoms with Crippen LogP contribution in [0, 0.1) is 6.92 Å². The van der Waals surface area contributed by atoms with Gasteiger partial charge in [0.1, 0.15) is 5.82 Å². The molecule has 0 aliphatic rings. The van der Waals surface area contributed by atoms with Crippen LogP contribution in [0.3, 0.4) is 0 Å². The monoisotopic (exact) mass is 407 g/mol. The molecule has 0 bridgehead atoms. The summed E-state index contributed by atoms with van der Waals surface area (Å²) < 4.78 is 13.3. The van der Waals surface area contributed by atoms with Crippen LogP contribution in [-0.4, -0.2) is 28.7 Å². The molecule has 1 aromatic heterocycles. The number of carbonyl (C=O) groups excluding carboxylic acids is 1. The Kier molecular flexibility index (Phi) is 7.49. The molecule has 0 aliphatic carbocycles. The Morgan fingerprint density at radius 1 is 1.07 bits per heavy atom. The fraction of sp³-hybridized carbons (Fsp3) is 0.333. The largest absolute Gasteiger partial charge is 0.490 e. The predicted octanol–water partition coefficient (Wildman–Crippen LogP) is 4.23. The molecule has 1 heterocycles. The van der Waals surface area contributed by atoms with Crippen molar-refractivity contribution in [3.63, 3.8) is 0 Å². The highest BCUT2D eigenvalue weighted by Gasteiger charge is 2.10. The van der Waals surface area contributed by atoms with E-state index < -0.39 is 0 Å². The van der Waals surface area contributed by atoms with Crippen LogP contribution in [0.4, 0.5) is 0 Å². The zero-order chi connectivity index (χ0) is 21.3. The van der Waals surface area contributed by atoms with Gasteiger partial charge >= 0.3 is 0 Å². The van der Waals surface area contributed by atoms with Crippen molar-refractivity contribution in [2.24, 2.45) is 0 Å². The lowest BCUT2D eigenvalue weighted by Crippen LogP contribution is -2.23. The van der Waals surface area contributed by atoms with E-state index in [2.05, 4.69) is 10.3 Å². The molecule has 0 saturated carbocycles. The molecular weight excluding hydrogens is 378 g/mol. The summed E-state index contributed by atoms with van der Waals surface area (Å²) in [6.07, 6.45) is 4.75. The van der Waals surface area contributed by atoms with Gasteiger partial charge in [-0.1, -0.05) is 24.3 Å². The van der Waals surface area contributed by atoms with Crippen molar-refractivity contribution in [1.29, 1.82) is 0 Å². The molecule has 30 heavy (non-hydrogen) atoms. The number of benzene rings is 2. The van der Waals surface area contributed by atoms with Gasteiger partial charge in [-0.15, -0.1) is 0 Å². The van der Waals surface area contributed by atoms with Crippen LogP contribution in [0.1, 0.15) is 37.2 Å². The molecule has 2 aromatic carbocycles. The minimum absolute atomic E-state index is 0.0130. The molecule has 0 spiro atoms. The van der Waals surface area contributed by atoms with Crippen molar-refractivity contribution in [1.82, 2.24) is 14.9 Å². The van der Waals surface area contributed by atoms with E-state index in [4.69, 9.17) is 9.47 Å². The fourth-order valence-corrected chi connectivity index (χ4v) is 3.32. The lowest BCUT2D eigenvalue weighted by Gasteiger charge is -2.13. The zero-order valence-corrected chi connectivity index (χ0v) is 17.9. The number of ether oxygens (including phenoxy) is 2. The maximum Gasteiger partial charge on any atom is 0.220 e. The van der Waals surface area contributed by atoms with Gasteiger partial charge in [-0.05, 0) is 56.5 Å². The van der Waals surface area contributed by atoms with Gasteiger partial charge in [-0.25, -0.2) is 4.98 Å². The number of hydrogen-bond acceptors (Lipinski definition) is 4. The first-order chi connectivity index (χ1) is 14.6. The van der Waals surface area contributed by atoms with Crippen molar-refractivity contribution in [2.45, 2.75) is 40.2 Å². The van der Waals surface area contributed by atoms with Gasteiger partial charge in [0.05, 0.1) is 18.9 Å². The molecule has 0 unspecified atom stereocenters. The number of hydrogen-bond donors (Lipinski definition) is 1. The van der Waals surface area contributed by atoms with Crippen LogP contribution in [0.2, 0.25) is 0 Å². The molecule has 6 nitrogen and oxygen atoms in total. The second kappa shape index (κ2) is 10.5. The van der Waals surface area contributed by atoms with Crippen molar-refractivity contribution in [3.05, 3.63) is 71.8 Å². The van der Waals surface area contributed by atoms with Crippen LogP contribution in [0.5, 0.6) is 11.5 Å². The maximum absolute atomic E-state index is 12.4. The van der Waals surface area contributed by atoms with Crippen LogP contribution < -0.4 is 14.8 Å². The molecule has 3 aromatic rings. The molecule has 0 saturated heterocycles. The Morgan fingerprint density at radius 3 is 2.57 bits per heavy atom. The number of rotatable bonds is 10. The van der Waals surface area contributed by atoms with E-state index in [1.165, 1.54) is 0 Å². The molecule has 1 N–H and O–H groups in total. The summed E-state index contributed by atoms with van der Waals surface area (Å²) in [5.74, 6) is 2.38. The van der Waals surface area contributed by atoms with Gasteiger partial charge in [0.25, 0.3) is 0 Å². The molecular formula is C24H29N3O3. The van der Waals surface area contributed by atoms with Gasteiger partial charge in [0.15, 0.2) is 11.5 Å². The highest BCUT2D eigenvalue weighted by molar-refractivity contribution is 5.76. The summed E-state index contributed by atoms with van der Waals surface area (Å²) in [6, 6.07) is 13.9. The summed E-state index contributed by atoms with van der Waals surface area (Å²) in [6.45, 7) is 7.48. The minimum atomic E-state index is 0.0130. The molecule has 3 rings (SSSR count). The van der Waals surface area contributed by atoms with Crippen LogP contribution in [0.15, 0.2) is 54.9 Å². The second-order valence-corrected chi connectivity index (χ2v) is 6.90. The van der Waals surface area contributed by atoms with E-state index in [0.717, 1.165) is 34.1 Å². The normalized spacial score (nSPS) is 10.6. The molecule has 0 atom stereocenters. The molecule has 1 amide bonds. The molecule has 0 fully saturated rings. The molecule has 6 heteroatoms. The third-order valence-electron chi connectivity index (χ3n) is 4.80. The lowest BCUT2D eigenvalue weighted by atomic mass is 10.1. The number of imidazole rings is 1. The third kappa shape index (κ3) is 5.41. The summed E-state index contributed by atoms with van der Waals surface area (Å²) in [5, 5.41) is 3.03. The van der Waals surface area contributed by atoms with E-state index in [1.807, 2.05) is 74.0 Å². The fourth-order valence-electron chi connectivity index (χ4n) is 3.32. The average Bonchev–Trinajstić information content (AvgIpc) is 3.18. The first kappa shape index (κ1) is 21.4. The summed E-state index contributed by atoms with van der Waals surface area (Å²) >= 11 is 0. The van der Waals surface area contributed by atoms with Crippen molar-refractivity contribution in [3.8, 4) is 17.2 Å². The SMILES string of the molecule is CCOc1ccc(CCC(=O)NCc2ccccc2-n2ccnc2C)cc1OCC. The highest BCUT2D eigenvalue weighted by Crippen LogP contribution is 2.29. The third-order valence-corrected chi connectivity index (χ3v) is 4.80. The number of aryl methyl sites for hydroxylation is 2. The second-order valence-electron chi connectivity index (χ2n) is 6.90. The molecule has 0 radical (unpaired) electrons. The van der Waals surface area contributed by atoms with Crippen LogP contribution in [0.25, 0.3) is 5.69 Å². The number of para-hydroxylation sites is 1. The quantitative estimate of drug-likeness (QED) is 0.546. The van der Waals surface area contributed by atoms with E-state index >= 15 is 0 Å². The van der Waals surface area contributed by atoms with Crippen molar-refractivity contribution < 1.29 is 14.3 Å². The zero-order valence-electron chi connectivity index (χ0n) is 17.9. The van der Waals surface area contributed by atoms with Gasteiger partial charge in [-0.2, -0.15) is 0 Å². The van der Waals surface area contributed by atoms with E-state index in [0.29, 0.717) is 32.6 Å². The summed E-state index contributed by atoms with van der Waals surface area (Å²) in [7, 11) is 0. The van der Waals surface area contributed by atoms with Gasteiger partial charge in [-0.3, -0.25) is 4.79 Å². The van der Waals surface area contributed by atoms with Crippen molar-refractivity contribution in [2.75, 3.05) is 13.2 Å². The molecule has 0 aliphatic heterocycles. The Hall–Kier alpha value is -3.28. The van der Waals surface area contributed by atoms with Crippen LogP contribution >= 0.6 is 0 Å². The number of nitrogens with zero attached hydrogens (tertiary/aromatic N) is 2. The predicted molar refractivity (Wildman–Crippen MR) is 117 cm³/mol. The van der Waals surface area contributed by atoms with E-state index in [1.54, 1.807) is 6.20 Å². The highest BCUT2D eigenvalue weighted by atomic mass is 16.5. The minimum Gasteiger partial charge on any atom is -0.490 e. The van der Waals surface area contributed by atoms with Gasteiger partial charge in [0, 0.05) is 25.4 Å². The lowest BCUT2D eigenvalue weighted by molar-refractivity contribution is -0.121. The summed E-state index contributed by atoms with van der Waals surface area (Å²) in [4.78, 5) is 16.7. The van der Waals surface area contributed by atoms with E-state index in [-0.39, 0.29) is 5.91 Å². The average molecular weight is 408 g/mol. The first-order valence-corrected chi connectivity index (χ1v) is 10.4. The smallest absolute Gasteiger partial charge is 0.220 e. The Bertz CT molecular complexity index is 981. The van der Waals surface area contributed by atoms with Crippen LogP contribution in [-0.2, 0) is 17.8 Å². The summed E-state index contributed by atoms with van der Waals surface area (Å²) in [5.41, 5.74) is 3.12. The van der Waals surface area contributed by atoms with Gasteiger partial charge < -0.3 is 19.4 Å². The van der Waals surface area contributed by atoms with Gasteiger partial charge in [0.2, 0.25) is 5.91 Å². The number of nitrogens with one attached hydrogen (secondary N) is 1. The maximum atomic E-state index is 12.4. The number of carbonyl (C=O) groups is 1. The molecule has 158 valence electrons. The van der Waals surface area contributed by atoms with Crippen molar-refractivity contribution >= 4 is 5.91 Å². The topological polar surface area (TPSA) is 65.4 Å². The standard InChI is InChI=1S/C24H29N3O3/c1-4-29-22-12-10-19(16-23(22)30-5-2)11-13-24(28)26-17-20-8-6-7-9-21(20)27-15-14-25-18(27)3/h6-10,12,14-16H,4-5,11,13,17H2,1-3H3,(H,26,28). The number of aromatic nitrogens is 2. The first-order valence-electron chi connectivity index (χ1n) is 10.4.